The molecule has 1 fully saturated rings. The van der Waals surface area contributed by atoms with Crippen molar-refractivity contribution in [3.8, 4) is 5.95 Å². The molecule has 1 saturated heterocycles. The predicted octanol–water partition coefficient (Wildman–Crippen LogP) is 3.31. The Morgan fingerprint density at radius 2 is 2.00 bits per heavy atom. The van der Waals surface area contributed by atoms with Crippen molar-refractivity contribution in [2.75, 3.05) is 13.1 Å². The summed E-state index contributed by atoms with van der Waals surface area (Å²) in [4.78, 5) is 19.8. The minimum Gasteiger partial charge on any atom is -0.337 e. The summed E-state index contributed by atoms with van der Waals surface area (Å²) in [5.41, 5.74) is 0.815. The molecule has 0 radical (unpaired) electrons. The molecule has 3 heterocycles. The second kappa shape index (κ2) is 7.50. The molecule has 0 amide bonds. The van der Waals surface area contributed by atoms with Gasteiger partial charge >= 0.3 is 5.69 Å². The van der Waals surface area contributed by atoms with Gasteiger partial charge in [0, 0.05) is 24.6 Å². The zero-order valence-corrected chi connectivity index (χ0v) is 16.6. The average molecular weight is 387 g/mol. The van der Waals surface area contributed by atoms with Gasteiger partial charge in [0.1, 0.15) is 5.82 Å². The molecule has 150 valence electrons. The molecule has 1 aliphatic rings. The van der Waals surface area contributed by atoms with Crippen molar-refractivity contribution in [2.45, 2.75) is 58.5 Å². The van der Waals surface area contributed by atoms with Gasteiger partial charge in [-0.15, -0.1) is 0 Å². The van der Waals surface area contributed by atoms with E-state index in [-0.39, 0.29) is 17.6 Å². The summed E-state index contributed by atoms with van der Waals surface area (Å²) in [7, 11) is 0. The van der Waals surface area contributed by atoms with E-state index < -0.39 is 5.82 Å². The molecule has 1 unspecified atom stereocenters. The molecule has 1 atom stereocenters. The molecule has 0 saturated carbocycles. The van der Waals surface area contributed by atoms with Crippen molar-refractivity contribution in [3.63, 3.8) is 0 Å². The molecular weight excluding hydrogens is 361 g/mol. The van der Waals surface area contributed by atoms with Gasteiger partial charge < -0.3 is 9.42 Å². The summed E-state index contributed by atoms with van der Waals surface area (Å²) in [5.74, 6) is 0.510. The smallest absolute Gasteiger partial charge is 0.336 e. The maximum Gasteiger partial charge on any atom is 0.336 e. The fraction of sp³-hybridized carbons (Fsp3) is 0.550. The maximum atomic E-state index is 13.8. The Labute approximate surface area is 162 Å². The zero-order chi connectivity index (χ0) is 19.8. The van der Waals surface area contributed by atoms with Crippen LogP contribution < -0.4 is 5.69 Å². The van der Waals surface area contributed by atoms with Gasteiger partial charge in [0.05, 0.1) is 11.0 Å². The number of fused-ring (bicyclic) bond motifs is 1. The normalized spacial score (nSPS) is 17.4. The van der Waals surface area contributed by atoms with E-state index in [1.165, 1.54) is 16.7 Å². The first kappa shape index (κ1) is 18.9. The van der Waals surface area contributed by atoms with E-state index in [9.17, 15) is 9.18 Å². The van der Waals surface area contributed by atoms with Gasteiger partial charge in [-0.05, 0) is 63.5 Å². The molecule has 0 N–H and O–H groups in total. The Balaban J connectivity index is 1.65. The Kier molecular flexibility index (Phi) is 5.05. The minimum atomic E-state index is -0.407. The lowest BCUT2D eigenvalue weighted by Gasteiger charge is -2.34. The molecule has 4 rings (SSSR count). The molecule has 7 nitrogen and oxygen atoms in total. The van der Waals surface area contributed by atoms with E-state index in [4.69, 9.17) is 4.52 Å². The van der Waals surface area contributed by atoms with Crippen molar-refractivity contribution < 1.29 is 8.91 Å². The first-order chi connectivity index (χ1) is 13.5. The third-order valence-corrected chi connectivity index (χ3v) is 5.93. The summed E-state index contributed by atoms with van der Waals surface area (Å²) in [6.07, 6.45) is 3.04. The number of benzene rings is 1. The fourth-order valence-electron chi connectivity index (χ4n) is 4.06. The third-order valence-electron chi connectivity index (χ3n) is 5.93. The Morgan fingerprint density at radius 3 is 2.68 bits per heavy atom. The topological polar surface area (TPSA) is 69.1 Å². The van der Waals surface area contributed by atoms with Crippen LogP contribution in [0.5, 0.6) is 0 Å². The van der Waals surface area contributed by atoms with Gasteiger partial charge in [0.2, 0.25) is 5.89 Å². The van der Waals surface area contributed by atoms with Gasteiger partial charge in [-0.2, -0.15) is 4.98 Å². The van der Waals surface area contributed by atoms with Crippen LogP contribution in [0, 0.1) is 5.82 Å². The molecule has 2 aromatic heterocycles. The molecule has 28 heavy (non-hydrogen) atoms. The predicted molar refractivity (Wildman–Crippen MR) is 104 cm³/mol. The number of rotatable bonds is 5. The van der Waals surface area contributed by atoms with E-state index in [0.717, 1.165) is 32.4 Å². The van der Waals surface area contributed by atoms with Crippen molar-refractivity contribution in [1.82, 2.24) is 24.2 Å². The van der Waals surface area contributed by atoms with Crippen LogP contribution in [0.2, 0.25) is 0 Å². The van der Waals surface area contributed by atoms with E-state index >= 15 is 0 Å². The molecule has 0 spiro atoms. The minimum absolute atomic E-state index is 0.173. The number of imidazole rings is 1. The molecule has 3 aromatic rings. The van der Waals surface area contributed by atoms with E-state index in [0.29, 0.717) is 29.5 Å². The van der Waals surface area contributed by atoms with Crippen molar-refractivity contribution >= 4 is 11.0 Å². The molecular formula is C20H26FN5O2. The molecule has 8 heteroatoms. The van der Waals surface area contributed by atoms with Crippen molar-refractivity contribution in [3.05, 3.63) is 40.4 Å². The lowest BCUT2D eigenvalue weighted by molar-refractivity contribution is 0.148. The number of piperidine rings is 1. The Hall–Kier alpha value is -2.48. The van der Waals surface area contributed by atoms with Crippen LogP contribution in [0.25, 0.3) is 17.0 Å². The van der Waals surface area contributed by atoms with Crippen LogP contribution in [0.3, 0.4) is 0 Å². The van der Waals surface area contributed by atoms with Gasteiger partial charge in [-0.25, -0.2) is 13.8 Å². The van der Waals surface area contributed by atoms with Crippen LogP contribution in [0.15, 0.2) is 27.5 Å². The van der Waals surface area contributed by atoms with Gasteiger partial charge in [-0.3, -0.25) is 4.57 Å². The Morgan fingerprint density at radius 1 is 1.25 bits per heavy atom. The first-order valence-corrected chi connectivity index (χ1v) is 10.0. The highest BCUT2D eigenvalue weighted by atomic mass is 19.1. The highest BCUT2D eigenvalue weighted by molar-refractivity contribution is 5.77. The van der Waals surface area contributed by atoms with Crippen LogP contribution in [-0.4, -0.2) is 43.3 Å². The summed E-state index contributed by atoms with van der Waals surface area (Å²) in [5, 5.41) is 4.05. The van der Waals surface area contributed by atoms with Gasteiger partial charge in [0.25, 0.3) is 5.95 Å². The van der Waals surface area contributed by atoms with E-state index in [1.54, 1.807) is 10.6 Å². The highest BCUT2D eigenvalue weighted by Gasteiger charge is 2.28. The standard InChI is InChI=1S/C20H26FN5O2/c1-4-13(3)24-10-8-14(9-11-24)18-22-19(23-28-18)26-17-12-15(21)6-7-16(17)25(5-2)20(26)27/h6-7,12-14H,4-5,8-11H2,1-3H3. The highest BCUT2D eigenvalue weighted by Crippen LogP contribution is 2.29. The lowest BCUT2D eigenvalue weighted by Crippen LogP contribution is -2.39. The number of halogens is 1. The number of hydrogen-bond donors (Lipinski definition) is 0. The number of likely N-dealkylation sites (tertiary alicyclic amines) is 1. The molecule has 1 aliphatic heterocycles. The number of hydrogen-bond acceptors (Lipinski definition) is 5. The SMILES string of the molecule is CCC(C)N1CCC(c2nc(-n3c(=O)n(CC)c4ccc(F)cc43)no2)CC1. The lowest BCUT2D eigenvalue weighted by atomic mass is 9.95. The second-order valence-electron chi connectivity index (χ2n) is 7.50. The van der Waals surface area contributed by atoms with Gasteiger partial charge in [-0.1, -0.05) is 6.92 Å². The Bertz CT molecular complexity index is 1030. The van der Waals surface area contributed by atoms with E-state index in [2.05, 4.69) is 28.9 Å². The fourth-order valence-corrected chi connectivity index (χ4v) is 4.06. The molecule has 0 bridgehead atoms. The van der Waals surface area contributed by atoms with Crippen LogP contribution >= 0.6 is 0 Å². The summed E-state index contributed by atoms with van der Waals surface area (Å²) < 4.78 is 22.2. The van der Waals surface area contributed by atoms with Crippen LogP contribution in [0.1, 0.15) is 51.8 Å². The monoisotopic (exact) mass is 387 g/mol. The van der Waals surface area contributed by atoms with Crippen molar-refractivity contribution in [2.24, 2.45) is 0 Å². The summed E-state index contributed by atoms with van der Waals surface area (Å²) >= 11 is 0. The quantitative estimate of drug-likeness (QED) is 0.672. The van der Waals surface area contributed by atoms with Crippen molar-refractivity contribution in [1.29, 1.82) is 0 Å². The van der Waals surface area contributed by atoms with Crippen LogP contribution in [-0.2, 0) is 6.54 Å². The number of aromatic nitrogens is 4. The number of aryl methyl sites for hydroxylation is 1. The molecule has 0 aliphatic carbocycles. The van der Waals surface area contributed by atoms with Crippen LogP contribution in [0.4, 0.5) is 4.39 Å². The number of nitrogens with zero attached hydrogens (tertiary/aromatic N) is 5. The summed E-state index contributed by atoms with van der Waals surface area (Å²) in [6.45, 7) is 8.80. The molecule has 1 aromatic carbocycles. The summed E-state index contributed by atoms with van der Waals surface area (Å²) in [6, 6.07) is 4.87. The largest absolute Gasteiger partial charge is 0.337 e. The maximum absolute atomic E-state index is 13.8. The second-order valence-corrected chi connectivity index (χ2v) is 7.50. The third kappa shape index (κ3) is 3.15. The van der Waals surface area contributed by atoms with E-state index in [1.807, 2.05) is 6.92 Å². The zero-order valence-electron chi connectivity index (χ0n) is 16.6. The average Bonchev–Trinajstić information content (AvgIpc) is 3.29. The first-order valence-electron chi connectivity index (χ1n) is 10.0. The van der Waals surface area contributed by atoms with Gasteiger partial charge in [0.15, 0.2) is 0 Å².